The van der Waals surface area contributed by atoms with Crippen LogP contribution in [-0.2, 0) is 11.8 Å². The lowest BCUT2D eigenvalue weighted by atomic mass is 9.79. The van der Waals surface area contributed by atoms with Crippen LogP contribution in [0.25, 0.3) is 10.9 Å². The van der Waals surface area contributed by atoms with Crippen molar-refractivity contribution in [3.05, 3.63) is 95.7 Å². The summed E-state index contributed by atoms with van der Waals surface area (Å²) in [5.74, 6) is -0.0636. The molecule has 1 aliphatic rings. The van der Waals surface area contributed by atoms with Gasteiger partial charge in [0, 0.05) is 48.0 Å². The Morgan fingerprint density at radius 1 is 0.941 bits per heavy atom. The van der Waals surface area contributed by atoms with E-state index in [1.54, 1.807) is 18.0 Å². The first kappa shape index (κ1) is 21.8. The molecule has 1 aliphatic heterocycles. The molecule has 0 unspecified atom stereocenters. The highest BCUT2D eigenvalue weighted by atomic mass is 16.5. The number of aryl methyl sites for hydroxylation is 1. The number of carbonyl (C=O) groups excluding carboxylic acids is 2. The van der Waals surface area contributed by atoms with Crippen LogP contribution in [0.1, 0.15) is 40.4 Å². The van der Waals surface area contributed by atoms with Crippen LogP contribution in [0.3, 0.4) is 0 Å². The summed E-state index contributed by atoms with van der Waals surface area (Å²) in [6, 6.07) is 22.4. The van der Waals surface area contributed by atoms with E-state index in [9.17, 15) is 9.59 Å². The summed E-state index contributed by atoms with van der Waals surface area (Å²) in [6.45, 7) is 2.51. The van der Waals surface area contributed by atoms with Gasteiger partial charge in [-0.1, -0.05) is 36.4 Å². The third-order valence-electron chi connectivity index (χ3n) is 6.54. The molecule has 0 aliphatic carbocycles. The molecule has 0 radical (unpaired) electrons. The summed E-state index contributed by atoms with van der Waals surface area (Å²) in [4.78, 5) is 28.9. The number of likely N-dealkylation sites (N-methyl/N-ethyl adjacent to an activating group) is 1. The molecule has 0 fully saturated rings. The van der Waals surface area contributed by atoms with Crippen LogP contribution in [0.2, 0.25) is 0 Å². The number of carbonyl (C=O) groups is 2. The van der Waals surface area contributed by atoms with Gasteiger partial charge in [-0.15, -0.1) is 0 Å². The lowest BCUT2D eigenvalue weighted by molar-refractivity contribution is -0.119. The topological polar surface area (TPSA) is 63.6 Å². The van der Waals surface area contributed by atoms with Gasteiger partial charge in [-0.05, 0) is 48.9 Å². The van der Waals surface area contributed by atoms with E-state index in [0.717, 1.165) is 27.8 Å². The fourth-order valence-electron chi connectivity index (χ4n) is 4.98. The lowest BCUT2D eigenvalue weighted by Crippen LogP contribution is -2.44. The number of aromatic nitrogens is 1. The molecule has 3 aromatic carbocycles. The van der Waals surface area contributed by atoms with E-state index < -0.39 is 12.0 Å². The van der Waals surface area contributed by atoms with Gasteiger partial charge in [0.2, 0.25) is 5.91 Å². The number of hydrogen-bond acceptors (Lipinski definition) is 3. The van der Waals surface area contributed by atoms with E-state index in [1.807, 2.05) is 91.5 Å². The Balaban J connectivity index is 1.60. The van der Waals surface area contributed by atoms with Gasteiger partial charge in [0.25, 0.3) is 5.91 Å². The first-order chi connectivity index (χ1) is 16.5. The normalized spacial score (nSPS) is 17.5. The Labute approximate surface area is 198 Å². The van der Waals surface area contributed by atoms with Crippen molar-refractivity contribution in [1.82, 2.24) is 9.47 Å². The molecule has 6 nitrogen and oxygen atoms in total. The molecule has 4 aromatic rings. The molecule has 34 heavy (non-hydrogen) atoms. The second kappa shape index (κ2) is 8.71. The van der Waals surface area contributed by atoms with Crippen LogP contribution >= 0.6 is 0 Å². The highest BCUT2D eigenvalue weighted by molar-refractivity contribution is 6.05. The second-order valence-electron chi connectivity index (χ2n) is 8.58. The number of rotatable bonds is 5. The van der Waals surface area contributed by atoms with Crippen LogP contribution in [0, 0.1) is 0 Å². The minimum atomic E-state index is -0.573. The molecule has 2 heterocycles. The fraction of sp³-hybridized carbons (Fsp3) is 0.214. The van der Waals surface area contributed by atoms with Gasteiger partial charge in [-0.3, -0.25) is 9.59 Å². The van der Waals surface area contributed by atoms with Crippen molar-refractivity contribution in [2.45, 2.75) is 18.9 Å². The van der Waals surface area contributed by atoms with Crippen molar-refractivity contribution >= 4 is 28.4 Å². The Hall–Kier alpha value is -4.06. The number of para-hydroxylation sites is 1. The molecule has 0 bridgehead atoms. The van der Waals surface area contributed by atoms with Crippen molar-refractivity contribution in [1.29, 1.82) is 0 Å². The minimum absolute atomic E-state index is 0.0846. The number of amides is 2. The Bertz CT molecular complexity index is 1370. The standard InChI is InChI=1S/C28H27N3O3/c1-4-34-19-15-13-18(14-16-19)29-27(32)25-21-10-5-6-11-22(21)28(33)31(3)26(25)23-17-30(2)24-12-8-7-9-20(23)24/h5-17,25-26H,4H2,1-3H3,(H,29,32)/t25-,26-/m0/s1. The number of nitrogens with one attached hydrogen (secondary N) is 1. The molecule has 0 saturated carbocycles. The van der Waals surface area contributed by atoms with Crippen molar-refractivity contribution in [2.24, 2.45) is 7.05 Å². The molecule has 6 heteroatoms. The number of nitrogens with zero attached hydrogens (tertiary/aromatic N) is 2. The summed E-state index contributed by atoms with van der Waals surface area (Å²) in [5, 5.41) is 4.11. The predicted molar refractivity (Wildman–Crippen MR) is 133 cm³/mol. The third kappa shape index (κ3) is 3.61. The molecular weight excluding hydrogens is 426 g/mol. The lowest BCUT2D eigenvalue weighted by Gasteiger charge is -2.39. The Morgan fingerprint density at radius 2 is 1.65 bits per heavy atom. The monoisotopic (exact) mass is 453 g/mol. The quantitative estimate of drug-likeness (QED) is 0.456. The van der Waals surface area contributed by atoms with E-state index in [2.05, 4.69) is 5.32 Å². The van der Waals surface area contributed by atoms with Crippen LogP contribution in [0.4, 0.5) is 5.69 Å². The highest BCUT2D eigenvalue weighted by Crippen LogP contribution is 2.44. The van der Waals surface area contributed by atoms with E-state index >= 15 is 0 Å². The van der Waals surface area contributed by atoms with Crippen LogP contribution in [-0.4, -0.2) is 34.9 Å². The van der Waals surface area contributed by atoms with E-state index in [0.29, 0.717) is 17.9 Å². The zero-order chi connectivity index (χ0) is 23.8. The first-order valence-electron chi connectivity index (χ1n) is 11.4. The average molecular weight is 454 g/mol. The maximum absolute atomic E-state index is 13.8. The zero-order valence-electron chi connectivity index (χ0n) is 19.5. The van der Waals surface area contributed by atoms with Crippen molar-refractivity contribution in [2.75, 3.05) is 19.0 Å². The van der Waals surface area contributed by atoms with Crippen LogP contribution < -0.4 is 10.1 Å². The molecule has 2 atom stereocenters. The smallest absolute Gasteiger partial charge is 0.254 e. The second-order valence-corrected chi connectivity index (χ2v) is 8.58. The Morgan fingerprint density at radius 3 is 2.41 bits per heavy atom. The molecule has 0 spiro atoms. The number of benzene rings is 3. The van der Waals surface area contributed by atoms with Gasteiger partial charge in [0.1, 0.15) is 5.75 Å². The molecule has 1 aromatic heterocycles. The third-order valence-corrected chi connectivity index (χ3v) is 6.54. The van der Waals surface area contributed by atoms with Crippen molar-refractivity contribution in [3.8, 4) is 5.75 Å². The summed E-state index contributed by atoms with van der Waals surface area (Å²) in [5.41, 5.74) is 4.00. The largest absolute Gasteiger partial charge is 0.494 e. The van der Waals surface area contributed by atoms with E-state index in [1.165, 1.54) is 0 Å². The summed E-state index contributed by atoms with van der Waals surface area (Å²) in [7, 11) is 3.77. The van der Waals surface area contributed by atoms with Crippen LogP contribution in [0.15, 0.2) is 79.0 Å². The average Bonchev–Trinajstić information content (AvgIpc) is 3.18. The van der Waals surface area contributed by atoms with Gasteiger partial charge in [0.05, 0.1) is 18.6 Å². The van der Waals surface area contributed by atoms with Crippen molar-refractivity contribution < 1.29 is 14.3 Å². The van der Waals surface area contributed by atoms with E-state index in [-0.39, 0.29) is 11.8 Å². The number of anilines is 1. The molecule has 172 valence electrons. The molecule has 1 N–H and O–H groups in total. The van der Waals surface area contributed by atoms with Crippen molar-refractivity contribution in [3.63, 3.8) is 0 Å². The van der Waals surface area contributed by atoms with Gasteiger partial charge in [0.15, 0.2) is 0 Å². The minimum Gasteiger partial charge on any atom is -0.494 e. The maximum atomic E-state index is 13.8. The number of fused-ring (bicyclic) bond motifs is 2. The molecule has 2 amide bonds. The highest BCUT2D eigenvalue weighted by Gasteiger charge is 2.43. The summed E-state index contributed by atoms with van der Waals surface area (Å²) < 4.78 is 7.56. The zero-order valence-corrected chi connectivity index (χ0v) is 19.5. The maximum Gasteiger partial charge on any atom is 0.254 e. The number of hydrogen-bond donors (Lipinski definition) is 1. The van der Waals surface area contributed by atoms with Gasteiger partial charge >= 0.3 is 0 Å². The molecule has 0 saturated heterocycles. The fourth-order valence-corrected chi connectivity index (χ4v) is 4.98. The van der Waals surface area contributed by atoms with Gasteiger partial charge in [-0.25, -0.2) is 0 Å². The summed E-state index contributed by atoms with van der Waals surface area (Å²) >= 11 is 0. The number of ether oxygens (including phenoxy) is 1. The van der Waals surface area contributed by atoms with Gasteiger partial charge < -0.3 is 19.5 Å². The molecule has 5 rings (SSSR count). The predicted octanol–water partition coefficient (Wildman–Crippen LogP) is 5.13. The Kier molecular flexibility index (Phi) is 5.57. The SMILES string of the molecule is CCOc1ccc(NC(=O)[C@H]2c3ccccc3C(=O)N(C)[C@H]2c2cn(C)c3ccccc23)cc1. The van der Waals surface area contributed by atoms with E-state index in [4.69, 9.17) is 4.74 Å². The van der Waals surface area contributed by atoms with Crippen LogP contribution in [0.5, 0.6) is 5.75 Å². The van der Waals surface area contributed by atoms with Gasteiger partial charge in [-0.2, -0.15) is 0 Å². The molecular formula is C28H27N3O3. The first-order valence-corrected chi connectivity index (χ1v) is 11.4. The summed E-state index contributed by atoms with van der Waals surface area (Å²) in [6.07, 6.45) is 2.03.